The molecule has 23 heavy (non-hydrogen) atoms. The summed E-state index contributed by atoms with van der Waals surface area (Å²) in [5.74, 6) is -2.73. The number of hydrogen-bond acceptors (Lipinski definition) is 3. The third kappa shape index (κ3) is 8.97. The Morgan fingerprint density at radius 2 is 1.87 bits per heavy atom. The number of methoxy groups -OCH3 is 1. The van der Waals surface area contributed by atoms with E-state index < -0.39 is 30.4 Å². The van der Waals surface area contributed by atoms with Crippen molar-refractivity contribution >= 4 is 5.97 Å². The number of alkyl halides is 3. The minimum absolute atomic E-state index is 0.0694. The van der Waals surface area contributed by atoms with Crippen LogP contribution in [0.1, 0.15) is 19.8 Å². The van der Waals surface area contributed by atoms with E-state index in [4.69, 9.17) is 9.84 Å². The Hall–Kier alpha value is -1.90. The molecule has 0 bridgehead atoms. The van der Waals surface area contributed by atoms with E-state index in [-0.39, 0.29) is 11.9 Å². The van der Waals surface area contributed by atoms with Gasteiger partial charge in [0.05, 0.1) is 13.2 Å². The van der Waals surface area contributed by atoms with Gasteiger partial charge in [0, 0.05) is 0 Å². The van der Waals surface area contributed by atoms with Gasteiger partial charge in [-0.05, 0) is 31.9 Å². The van der Waals surface area contributed by atoms with Crippen LogP contribution in [0, 0.1) is 11.6 Å². The largest absolute Gasteiger partial charge is 0.494 e. The maximum atomic E-state index is 12.5. The summed E-state index contributed by atoms with van der Waals surface area (Å²) in [5, 5.41) is 8.41. The van der Waals surface area contributed by atoms with Crippen LogP contribution >= 0.6 is 0 Å². The monoisotopic (exact) mass is 344 g/mol. The van der Waals surface area contributed by atoms with Gasteiger partial charge in [-0.1, -0.05) is 6.07 Å². The van der Waals surface area contributed by atoms with Crippen molar-refractivity contribution in [2.45, 2.75) is 38.7 Å². The number of halogens is 5. The average Bonchev–Trinajstić information content (AvgIpc) is 2.89. The molecule has 1 unspecified atom stereocenters. The average molecular weight is 344 g/mol. The number of aliphatic carboxylic acids is 1. The second-order valence-electron chi connectivity index (χ2n) is 4.35. The van der Waals surface area contributed by atoms with E-state index >= 15 is 0 Å². The van der Waals surface area contributed by atoms with Gasteiger partial charge >= 0.3 is 12.6 Å². The van der Waals surface area contributed by atoms with Gasteiger partial charge in [-0.15, -0.1) is 0 Å². The minimum atomic E-state index is -3.67. The third-order valence-electron chi connectivity index (χ3n) is 2.64. The highest BCUT2D eigenvalue weighted by Gasteiger charge is 2.27. The number of rotatable bonds is 2. The Kier molecular flexibility index (Phi) is 9.87. The molecule has 1 heterocycles. The summed E-state index contributed by atoms with van der Waals surface area (Å²) in [5.41, 5.74) is 0. The molecule has 1 aromatic rings. The number of hydrogen-bond donors (Lipinski definition) is 1. The quantitative estimate of drug-likeness (QED) is 0.830. The Bertz CT molecular complexity index is 481. The normalized spacial score (nSPS) is 19.3. The Morgan fingerprint density at radius 1 is 1.30 bits per heavy atom. The number of carbonyl (C=O) groups is 1. The predicted octanol–water partition coefficient (Wildman–Crippen LogP) is 3.79. The Labute approximate surface area is 129 Å². The van der Waals surface area contributed by atoms with Crippen LogP contribution in [0.25, 0.3) is 0 Å². The Balaban J connectivity index is 0.000000345. The van der Waals surface area contributed by atoms with Gasteiger partial charge in [0.25, 0.3) is 0 Å². The molecule has 1 saturated heterocycles. The number of ether oxygens (including phenoxy) is 2. The molecule has 0 radical (unpaired) electrons. The van der Waals surface area contributed by atoms with Gasteiger partial charge < -0.3 is 14.6 Å². The van der Waals surface area contributed by atoms with Gasteiger partial charge in [0.15, 0.2) is 17.7 Å². The predicted molar refractivity (Wildman–Crippen MR) is 71.2 cm³/mol. The van der Waals surface area contributed by atoms with Gasteiger partial charge in [-0.2, -0.15) is 17.6 Å². The second-order valence-corrected chi connectivity index (χ2v) is 4.35. The molecule has 132 valence electrons. The number of benzene rings is 1. The SMILES string of the molecule is CC1CC[C@H](C(=O)O)O1.COc1cccc(F)c1F.FC(F)F. The molecule has 2 rings (SSSR count). The lowest BCUT2D eigenvalue weighted by atomic mass is 10.2. The molecule has 1 N–H and O–H groups in total. The van der Waals surface area contributed by atoms with Crippen molar-refractivity contribution in [3.8, 4) is 5.75 Å². The fraction of sp³-hybridized carbons (Fsp3) is 0.500. The summed E-state index contributed by atoms with van der Waals surface area (Å²) in [6, 6.07) is 3.79. The maximum absolute atomic E-state index is 12.5. The van der Waals surface area contributed by atoms with E-state index in [9.17, 15) is 26.7 Å². The lowest BCUT2D eigenvalue weighted by Crippen LogP contribution is -2.19. The standard InChI is InChI=1S/C7H6F2O.C6H10O3.CHF3/c1-10-6-4-2-3-5(8)7(6)9;1-4-2-3-5(9-4)6(7)8;2-1(3)4/h2-4H,1H3;4-5H,2-3H2,1H3,(H,7,8);1H/t;4?,5-;/m.1./s1. The summed E-state index contributed by atoms with van der Waals surface area (Å²) in [6.07, 6.45) is 1.12. The molecular formula is C14H17F5O4. The van der Waals surface area contributed by atoms with Crippen LogP contribution in [0.4, 0.5) is 22.0 Å². The molecule has 0 saturated carbocycles. The first kappa shape index (κ1) is 21.1. The zero-order chi connectivity index (χ0) is 18.0. The molecular weight excluding hydrogens is 327 g/mol. The van der Waals surface area contributed by atoms with Crippen molar-refractivity contribution in [2.75, 3.05) is 7.11 Å². The van der Waals surface area contributed by atoms with Crippen molar-refractivity contribution in [1.29, 1.82) is 0 Å². The van der Waals surface area contributed by atoms with E-state index in [1.165, 1.54) is 19.2 Å². The second kappa shape index (κ2) is 10.8. The molecule has 0 aromatic heterocycles. The molecule has 0 spiro atoms. The third-order valence-corrected chi connectivity index (χ3v) is 2.64. The molecule has 1 aliphatic heterocycles. The summed E-state index contributed by atoms with van der Waals surface area (Å²) in [4.78, 5) is 10.2. The smallest absolute Gasteiger partial charge is 0.379 e. The molecule has 4 nitrogen and oxygen atoms in total. The highest BCUT2D eigenvalue weighted by atomic mass is 19.4. The van der Waals surface area contributed by atoms with E-state index in [1.807, 2.05) is 6.92 Å². The first-order chi connectivity index (χ1) is 10.7. The fourth-order valence-corrected chi connectivity index (χ4v) is 1.63. The fourth-order valence-electron chi connectivity index (χ4n) is 1.63. The van der Waals surface area contributed by atoms with Gasteiger partial charge in [-0.3, -0.25) is 0 Å². The van der Waals surface area contributed by atoms with Crippen LogP contribution in [-0.4, -0.2) is 37.1 Å². The van der Waals surface area contributed by atoms with Crippen LogP contribution in [0.15, 0.2) is 18.2 Å². The molecule has 1 aliphatic rings. The van der Waals surface area contributed by atoms with Crippen LogP contribution in [0.5, 0.6) is 5.75 Å². The van der Waals surface area contributed by atoms with Gasteiger partial charge in [-0.25, -0.2) is 9.18 Å². The maximum Gasteiger partial charge on any atom is 0.379 e. The summed E-state index contributed by atoms with van der Waals surface area (Å²) >= 11 is 0. The molecule has 9 heteroatoms. The van der Waals surface area contributed by atoms with Gasteiger partial charge in [0.1, 0.15) is 0 Å². The zero-order valence-corrected chi connectivity index (χ0v) is 12.4. The van der Waals surface area contributed by atoms with E-state index in [0.29, 0.717) is 6.42 Å². The highest BCUT2D eigenvalue weighted by molar-refractivity contribution is 5.72. The van der Waals surface area contributed by atoms with Crippen LogP contribution < -0.4 is 4.74 Å². The van der Waals surface area contributed by atoms with Crippen LogP contribution in [0.2, 0.25) is 0 Å². The Morgan fingerprint density at radius 3 is 2.17 bits per heavy atom. The topological polar surface area (TPSA) is 55.8 Å². The zero-order valence-electron chi connectivity index (χ0n) is 12.4. The van der Waals surface area contributed by atoms with E-state index in [1.54, 1.807) is 0 Å². The van der Waals surface area contributed by atoms with Crippen molar-refractivity contribution in [2.24, 2.45) is 0 Å². The molecule has 2 atom stereocenters. The molecule has 0 aliphatic carbocycles. The minimum Gasteiger partial charge on any atom is -0.494 e. The molecule has 1 aromatic carbocycles. The van der Waals surface area contributed by atoms with Crippen molar-refractivity contribution in [1.82, 2.24) is 0 Å². The lowest BCUT2D eigenvalue weighted by molar-refractivity contribution is -0.149. The van der Waals surface area contributed by atoms with Gasteiger partial charge in [0.2, 0.25) is 5.82 Å². The molecule has 1 fully saturated rings. The lowest BCUT2D eigenvalue weighted by Gasteiger charge is -2.03. The van der Waals surface area contributed by atoms with Crippen molar-refractivity contribution < 1.29 is 41.3 Å². The summed E-state index contributed by atoms with van der Waals surface area (Å²) in [6.45, 7) is -1.77. The van der Waals surface area contributed by atoms with Crippen molar-refractivity contribution in [3.63, 3.8) is 0 Å². The van der Waals surface area contributed by atoms with Crippen molar-refractivity contribution in [3.05, 3.63) is 29.8 Å². The first-order valence-electron chi connectivity index (χ1n) is 6.47. The van der Waals surface area contributed by atoms with Crippen LogP contribution in [-0.2, 0) is 9.53 Å². The highest BCUT2D eigenvalue weighted by Crippen LogP contribution is 2.18. The van der Waals surface area contributed by atoms with E-state index in [2.05, 4.69) is 4.74 Å². The number of carboxylic acids is 1. The summed E-state index contributed by atoms with van der Waals surface area (Å²) < 4.78 is 63.3. The van der Waals surface area contributed by atoms with E-state index in [0.717, 1.165) is 12.5 Å². The molecule has 0 amide bonds. The first-order valence-corrected chi connectivity index (χ1v) is 6.47. The van der Waals surface area contributed by atoms with Crippen LogP contribution in [0.3, 0.4) is 0 Å². The summed E-state index contributed by atoms with van der Waals surface area (Å²) in [7, 11) is 1.29. The number of carboxylic acid groups (broad SMARTS) is 1.